The summed E-state index contributed by atoms with van der Waals surface area (Å²) in [6, 6.07) is 10.1. The molecule has 1 amide bonds. The summed E-state index contributed by atoms with van der Waals surface area (Å²) in [6.07, 6.45) is 9.96. The van der Waals surface area contributed by atoms with Gasteiger partial charge in [0.15, 0.2) is 0 Å². The molecule has 0 radical (unpaired) electrons. The van der Waals surface area contributed by atoms with Crippen LogP contribution in [0.2, 0.25) is 0 Å². The van der Waals surface area contributed by atoms with Gasteiger partial charge in [-0.2, -0.15) is 0 Å². The molecule has 0 spiro atoms. The van der Waals surface area contributed by atoms with Crippen LogP contribution in [0, 0.1) is 0 Å². The summed E-state index contributed by atoms with van der Waals surface area (Å²) in [5.41, 5.74) is 2.53. The van der Waals surface area contributed by atoms with E-state index in [4.69, 9.17) is 0 Å². The summed E-state index contributed by atoms with van der Waals surface area (Å²) in [7, 11) is 0. The van der Waals surface area contributed by atoms with E-state index in [0.717, 1.165) is 43.0 Å². The first kappa shape index (κ1) is 17.0. The molecular weight excluding hydrogens is 324 g/mol. The van der Waals surface area contributed by atoms with E-state index in [0.29, 0.717) is 11.6 Å². The molecule has 1 aromatic heterocycles. The second-order valence-electron chi connectivity index (χ2n) is 7.34. The van der Waals surface area contributed by atoms with E-state index in [2.05, 4.69) is 20.2 Å². The number of nitrogens with one attached hydrogen (secondary N) is 1. The van der Waals surface area contributed by atoms with Crippen LogP contribution in [0.15, 0.2) is 36.7 Å². The van der Waals surface area contributed by atoms with Gasteiger partial charge in [0.2, 0.25) is 0 Å². The van der Waals surface area contributed by atoms with Gasteiger partial charge in [0.25, 0.3) is 5.91 Å². The van der Waals surface area contributed by atoms with Crippen molar-refractivity contribution in [2.45, 2.75) is 51.0 Å². The molecule has 2 heterocycles. The second kappa shape index (κ2) is 7.85. The van der Waals surface area contributed by atoms with Crippen LogP contribution in [0.4, 0.5) is 5.82 Å². The van der Waals surface area contributed by atoms with Crippen LogP contribution in [0.1, 0.15) is 55.3 Å². The number of hydrogen-bond acceptors (Lipinski definition) is 4. The number of carbonyl (C=O) groups excluding carboxylic acids is 1. The molecule has 1 aliphatic heterocycles. The van der Waals surface area contributed by atoms with Crippen LogP contribution in [0.5, 0.6) is 0 Å². The smallest absolute Gasteiger partial charge is 0.251 e. The van der Waals surface area contributed by atoms with E-state index in [1.54, 1.807) is 6.33 Å². The lowest BCUT2D eigenvalue weighted by Gasteiger charge is -2.22. The Hall–Kier alpha value is -2.43. The third-order valence-electron chi connectivity index (χ3n) is 5.44. The lowest BCUT2D eigenvalue weighted by Crippen LogP contribution is -2.36. The molecule has 1 saturated heterocycles. The lowest BCUT2D eigenvalue weighted by atomic mass is 9.95. The fraction of sp³-hybridized carbons (Fsp3) is 0.476. The van der Waals surface area contributed by atoms with Crippen molar-refractivity contribution in [3.63, 3.8) is 0 Å². The van der Waals surface area contributed by atoms with Gasteiger partial charge in [-0.05, 0) is 37.8 Å². The first-order valence-electron chi connectivity index (χ1n) is 9.78. The minimum absolute atomic E-state index is 0.0209. The van der Waals surface area contributed by atoms with E-state index in [1.807, 2.05) is 30.3 Å². The van der Waals surface area contributed by atoms with Crippen molar-refractivity contribution in [2.75, 3.05) is 18.0 Å². The van der Waals surface area contributed by atoms with Crippen molar-refractivity contribution in [3.8, 4) is 11.3 Å². The predicted molar refractivity (Wildman–Crippen MR) is 103 cm³/mol. The second-order valence-corrected chi connectivity index (χ2v) is 7.34. The minimum atomic E-state index is 0.0209. The van der Waals surface area contributed by atoms with Crippen molar-refractivity contribution in [3.05, 3.63) is 42.2 Å². The van der Waals surface area contributed by atoms with Crippen molar-refractivity contribution in [1.29, 1.82) is 0 Å². The zero-order chi connectivity index (χ0) is 17.8. The van der Waals surface area contributed by atoms with Crippen LogP contribution >= 0.6 is 0 Å². The van der Waals surface area contributed by atoms with Crippen molar-refractivity contribution in [2.24, 2.45) is 0 Å². The molecule has 136 valence electrons. The van der Waals surface area contributed by atoms with E-state index >= 15 is 0 Å². The Labute approximate surface area is 154 Å². The van der Waals surface area contributed by atoms with Gasteiger partial charge < -0.3 is 10.2 Å². The topological polar surface area (TPSA) is 58.1 Å². The summed E-state index contributed by atoms with van der Waals surface area (Å²) in [5, 5.41) is 3.19. The minimum Gasteiger partial charge on any atom is -0.357 e. The molecule has 0 bridgehead atoms. The molecule has 5 nitrogen and oxygen atoms in total. The van der Waals surface area contributed by atoms with Crippen molar-refractivity contribution < 1.29 is 4.79 Å². The molecular formula is C21H26N4O. The van der Waals surface area contributed by atoms with Gasteiger partial charge in [0.05, 0.1) is 5.69 Å². The van der Waals surface area contributed by atoms with Crippen LogP contribution in [0.3, 0.4) is 0 Å². The Balaban J connectivity index is 1.51. The maximum absolute atomic E-state index is 12.6. The summed E-state index contributed by atoms with van der Waals surface area (Å²) in [5.74, 6) is 0.997. The summed E-state index contributed by atoms with van der Waals surface area (Å²) >= 11 is 0. The molecule has 2 aliphatic rings. The molecule has 2 aromatic rings. The Morgan fingerprint density at radius 3 is 2.62 bits per heavy atom. The Bertz CT molecular complexity index is 764. The number of carbonyl (C=O) groups is 1. The number of rotatable bonds is 4. The Morgan fingerprint density at radius 1 is 1.00 bits per heavy atom. The zero-order valence-corrected chi connectivity index (χ0v) is 15.2. The maximum Gasteiger partial charge on any atom is 0.251 e. The standard InChI is InChI=1S/C21H26N4O/c26-21(24-18-9-2-1-3-10-18)17-8-6-7-16(13-17)19-14-20(23-15-22-19)25-11-4-5-12-25/h6-8,13-15,18H,1-5,9-12H2,(H,24,26). The first-order valence-corrected chi connectivity index (χ1v) is 9.78. The van der Waals surface area contributed by atoms with Gasteiger partial charge in [-0.25, -0.2) is 9.97 Å². The monoisotopic (exact) mass is 350 g/mol. The number of aromatic nitrogens is 2. The average molecular weight is 350 g/mol. The summed E-state index contributed by atoms with van der Waals surface area (Å²) < 4.78 is 0. The molecule has 0 atom stereocenters. The maximum atomic E-state index is 12.6. The lowest BCUT2D eigenvalue weighted by molar-refractivity contribution is 0.0928. The van der Waals surface area contributed by atoms with Crippen LogP contribution < -0.4 is 10.2 Å². The van der Waals surface area contributed by atoms with E-state index in [9.17, 15) is 4.79 Å². The molecule has 1 aromatic carbocycles. The summed E-state index contributed by atoms with van der Waals surface area (Å²) in [6.45, 7) is 2.11. The fourth-order valence-electron chi connectivity index (χ4n) is 3.96. The third kappa shape index (κ3) is 3.87. The molecule has 1 saturated carbocycles. The number of hydrogen-bond donors (Lipinski definition) is 1. The number of anilines is 1. The molecule has 2 fully saturated rings. The van der Waals surface area contributed by atoms with Crippen LogP contribution in [-0.2, 0) is 0 Å². The van der Waals surface area contributed by atoms with Gasteiger partial charge in [0.1, 0.15) is 12.1 Å². The first-order chi connectivity index (χ1) is 12.8. The van der Waals surface area contributed by atoms with Crippen LogP contribution in [0.25, 0.3) is 11.3 Å². The highest BCUT2D eigenvalue weighted by Gasteiger charge is 2.18. The molecule has 26 heavy (non-hydrogen) atoms. The molecule has 0 unspecified atom stereocenters. The average Bonchev–Trinajstić information content (AvgIpc) is 3.24. The Kier molecular flexibility index (Phi) is 5.14. The van der Waals surface area contributed by atoms with Crippen LogP contribution in [-0.4, -0.2) is 35.0 Å². The highest BCUT2D eigenvalue weighted by molar-refractivity contribution is 5.95. The molecule has 1 aliphatic carbocycles. The Morgan fingerprint density at radius 2 is 1.81 bits per heavy atom. The highest BCUT2D eigenvalue weighted by Crippen LogP contribution is 2.24. The predicted octanol–water partition coefficient (Wildman–Crippen LogP) is 3.81. The highest BCUT2D eigenvalue weighted by atomic mass is 16.1. The number of nitrogens with zero attached hydrogens (tertiary/aromatic N) is 3. The van der Waals surface area contributed by atoms with E-state index in [-0.39, 0.29) is 5.91 Å². The zero-order valence-electron chi connectivity index (χ0n) is 15.2. The molecule has 5 heteroatoms. The number of benzene rings is 1. The van der Waals surface area contributed by atoms with Gasteiger partial charge in [-0.15, -0.1) is 0 Å². The number of amides is 1. The van der Waals surface area contributed by atoms with Gasteiger partial charge >= 0.3 is 0 Å². The largest absolute Gasteiger partial charge is 0.357 e. The van der Waals surface area contributed by atoms with E-state index < -0.39 is 0 Å². The quantitative estimate of drug-likeness (QED) is 0.911. The van der Waals surface area contributed by atoms with Crippen molar-refractivity contribution >= 4 is 11.7 Å². The van der Waals surface area contributed by atoms with Gasteiger partial charge in [0, 0.05) is 36.3 Å². The molecule has 4 rings (SSSR count). The molecule has 1 N–H and O–H groups in total. The fourth-order valence-corrected chi connectivity index (χ4v) is 3.96. The normalized spacial score (nSPS) is 18.1. The van der Waals surface area contributed by atoms with Gasteiger partial charge in [-0.1, -0.05) is 31.4 Å². The van der Waals surface area contributed by atoms with E-state index in [1.165, 1.54) is 32.1 Å². The third-order valence-corrected chi connectivity index (χ3v) is 5.44. The van der Waals surface area contributed by atoms with Gasteiger partial charge in [-0.3, -0.25) is 4.79 Å². The van der Waals surface area contributed by atoms with Crippen molar-refractivity contribution in [1.82, 2.24) is 15.3 Å². The summed E-state index contributed by atoms with van der Waals surface area (Å²) in [4.78, 5) is 23.8. The SMILES string of the molecule is O=C(NC1CCCCC1)c1cccc(-c2cc(N3CCCC3)ncn2)c1.